The molecular weight excluding hydrogens is 381 g/mol. The molecule has 11 heteroatoms. The lowest BCUT2D eigenvalue weighted by molar-refractivity contribution is -0.142. The van der Waals surface area contributed by atoms with Crippen LogP contribution in [0.25, 0.3) is 0 Å². The third-order valence-electron chi connectivity index (χ3n) is 3.18. The second-order valence-corrected chi connectivity index (χ2v) is 5.02. The largest absolute Gasteiger partial charge is 0.457 e. The summed E-state index contributed by atoms with van der Waals surface area (Å²) in [5, 5.41) is 0. The Morgan fingerprint density at radius 3 is 1.50 bits per heavy atom. The third kappa shape index (κ3) is 4.14. The molecule has 0 bridgehead atoms. The van der Waals surface area contributed by atoms with E-state index in [4.69, 9.17) is 5.73 Å². The molecule has 0 heterocycles. The fourth-order valence-corrected chi connectivity index (χ4v) is 2.07. The molecule has 0 fully saturated rings. The lowest BCUT2D eigenvalue weighted by Gasteiger charge is -2.19. The molecule has 0 aliphatic rings. The first-order valence-electron chi connectivity index (χ1n) is 6.63. The molecule has 0 aromatic heterocycles. The Morgan fingerprint density at radius 1 is 0.654 bits per heavy atom. The number of nitrogens with two attached hydrogens (primary N) is 1. The number of anilines is 1. The van der Waals surface area contributed by atoms with Crippen LogP contribution in [0, 0.1) is 0 Å². The van der Waals surface area contributed by atoms with E-state index in [2.05, 4.69) is 4.74 Å². The van der Waals surface area contributed by atoms with Crippen molar-refractivity contribution >= 4 is 5.69 Å². The fraction of sp³-hybridized carbons (Fsp3) is 0.200. The normalized spacial score (nSPS) is 13.0. The zero-order valence-electron chi connectivity index (χ0n) is 12.4. The lowest BCUT2D eigenvalue weighted by atomic mass is 10.1. The van der Waals surface area contributed by atoms with Gasteiger partial charge >= 0.3 is 18.5 Å². The highest BCUT2D eigenvalue weighted by Crippen LogP contribution is 2.45. The first-order valence-corrected chi connectivity index (χ1v) is 6.63. The molecule has 0 aliphatic heterocycles. The van der Waals surface area contributed by atoms with Gasteiger partial charge in [-0.2, -0.15) is 39.5 Å². The molecule has 2 rings (SSSR count). The Morgan fingerprint density at radius 2 is 1.08 bits per heavy atom. The molecule has 142 valence electrons. The number of benzene rings is 2. The summed E-state index contributed by atoms with van der Waals surface area (Å²) >= 11 is 0. The van der Waals surface area contributed by atoms with Crippen LogP contribution in [0.1, 0.15) is 16.7 Å². The van der Waals surface area contributed by atoms with Crippen molar-refractivity contribution in [2.24, 2.45) is 0 Å². The van der Waals surface area contributed by atoms with Gasteiger partial charge in [0.15, 0.2) is 0 Å². The average Bonchev–Trinajstić information content (AvgIpc) is 2.46. The van der Waals surface area contributed by atoms with Crippen molar-refractivity contribution in [3.63, 3.8) is 0 Å². The van der Waals surface area contributed by atoms with Gasteiger partial charge in [0.25, 0.3) is 0 Å². The Kier molecular flexibility index (Phi) is 4.77. The van der Waals surface area contributed by atoms with E-state index in [1.165, 1.54) is 0 Å². The number of alkyl halides is 9. The zero-order valence-corrected chi connectivity index (χ0v) is 12.4. The van der Waals surface area contributed by atoms with Crippen LogP contribution in [0.4, 0.5) is 45.2 Å². The smallest absolute Gasteiger partial charge is 0.419 e. The Labute approximate surface area is 140 Å². The van der Waals surface area contributed by atoms with E-state index in [0.29, 0.717) is 6.07 Å². The van der Waals surface area contributed by atoms with Crippen LogP contribution < -0.4 is 10.5 Å². The van der Waals surface area contributed by atoms with Gasteiger partial charge in [0, 0.05) is 0 Å². The van der Waals surface area contributed by atoms with Crippen molar-refractivity contribution in [1.82, 2.24) is 0 Å². The highest BCUT2D eigenvalue weighted by molar-refractivity contribution is 5.60. The van der Waals surface area contributed by atoms with Crippen LogP contribution in [0.3, 0.4) is 0 Å². The van der Waals surface area contributed by atoms with Gasteiger partial charge in [-0.1, -0.05) is 12.1 Å². The van der Waals surface area contributed by atoms with Crippen LogP contribution in [0.15, 0.2) is 36.4 Å². The molecular formula is C15H8F9NO. The quantitative estimate of drug-likeness (QED) is 0.496. The van der Waals surface area contributed by atoms with Crippen LogP contribution >= 0.6 is 0 Å². The second-order valence-electron chi connectivity index (χ2n) is 5.02. The minimum Gasteiger partial charge on any atom is -0.457 e. The summed E-state index contributed by atoms with van der Waals surface area (Å²) in [6.07, 6.45) is -15.5. The molecule has 0 atom stereocenters. The van der Waals surface area contributed by atoms with E-state index in [-0.39, 0.29) is 12.1 Å². The van der Waals surface area contributed by atoms with Gasteiger partial charge in [-0.25, -0.2) is 0 Å². The van der Waals surface area contributed by atoms with Crippen LogP contribution in [0.2, 0.25) is 0 Å². The zero-order chi connectivity index (χ0) is 19.9. The van der Waals surface area contributed by atoms with E-state index in [0.717, 1.165) is 18.2 Å². The molecule has 0 spiro atoms. The van der Waals surface area contributed by atoms with E-state index in [9.17, 15) is 39.5 Å². The van der Waals surface area contributed by atoms with E-state index in [1.54, 1.807) is 0 Å². The number of para-hydroxylation sites is 1. The molecule has 0 unspecified atom stereocenters. The Balaban J connectivity index is 2.62. The van der Waals surface area contributed by atoms with Crippen molar-refractivity contribution in [3.8, 4) is 11.5 Å². The Hall–Kier alpha value is -2.59. The van der Waals surface area contributed by atoms with Gasteiger partial charge in [-0.05, 0) is 24.3 Å². The van der Waals surface area contributed by atoms with E-state index in [1.807, 2.05) is 0 Å². The molecule has 2 aromatic carbocycles. The van der Waals surface area contributed by atoms with Gasteiger partial charge in [0.05, 0.1) is 22.4 Å². The van der Waals surface area contributed by atoms with Gasteiger partial charge in [-0.15, -0.1) is 0 Å². The molecule has 0 saturated carbocycles. The number of rotatable bonds is 2. The minimum atomic E-state index is -5.27. The maximum atomic E-state index is 12.9. The molecule has 0 amide bonds. The van der Waals surface area contributed by atoms with Crippen LogP contribution in [0.5, 0.6) is 11.5 Å². The maximum Gasteiger partial charge on any atom is 0.419 e. The summed E-state index contributed by atoms with van der Waals surface area (Å²) in [5.74, 6) is -2.04. The standard InChI is InChI=1S/C15H8F9NO/c16-13(17,18)8-3-1-2-4-11(8)26-7-5-9(14(19,20)21)12(25)10(6-7)15(22,23)24/h1-6H,25H2. The van der Waals surface area contributed by atoms with E-state index < -0.39 is 52.4 Å². The average molecular weight is 389 g/mol. The third-order valence-corrected chi connectivity index (χ3v) is 3.18. The topological polar surface area (TPSA) is 35.2 Å². The molecule has 0 saturated heterocycles. The molecule has 26 heavy (non-hydrogen) atoms. The van der Waals surface area contributed by atoms with Gasteiger partial charge < -0.3 is 10.5 Å². The van der Waals surface area contributed by atoms with Crippen molar-refractivity contribution in [1.29, 1.82) is 0 Å². The molecule has 2 N–H and O–H groups in total. The second kappa shape index (κ2) is 6.29. The number of halogens is 9. The van der Waals surface area contributed by atoms with Crippen LogP contribution in [-0.2, 0) is 18.5 Å². The number of nitrogen functional groups attached to an aromatic ring is 1. The Bertz CT molecular complexity index is 771. The first-order chi connectivity index (χ1) is 11.7. The predicted octanol–water partition coefficient (Wildman–Crippen LogP) is 6.12. The van der Waals surface area contributed by atoms with Crippen molar-refractivity contribution in [2.75, 3.05) is 5.73 Å². The predicted molar refractivity (Wildman–Crippen MR) is 72.4 cm³/mol. The molecule has 2 nitrogen and oxygen atoms in total. The monoisotopic (exact) mass is 389 g/mol. The molecule has 2 aromatic rings. The summed E-state index contributed by atoms with van der Waals surface area (Å²) in [5.41, 5.74) is -1.75. The molecule has 0 aliphatic carbocycles. The number of hydrogen-bond donors (Lipinski definition) is 1. The summed E-state index contributed by atoms with van der Waals surface area (Å²) in [6.45, 7) is 0. The fourth-order valence-electron chi connectivity index (χ4n) is 2.07. The molecule has 0 radical (unpaired) electrons. The van der Waals surface area contributed by atoms with Gasteiger partial charge in [0.1, 0.15) is 11.5 Å². The highest BCUT2D eigenvalue weighted by Gasteiger charge is 2.41. The minimum absolute atomic E-state index is 0.109. The summed E-state index contributed by atoms with van der Waals surface area (Å²) < 4.78 is 121. The maximum absolute atomic E-state index is 12.9. The van der Waals surface area contributed by atoms with Crippen molar-refractivity contribution in [3.05, 3.63) is 53.1 Å². The van der Waals surface area contributed by atoms with E-state index >= 15 is 0 Å². The summed E-state index contributed by atoms with van der Waals surface area (Å²) in [6, 6.07) is 3.62. The number of ether oxygens (including phenoxy) is 1. The SMILES string of the molecule is Nc1c(C(F)(F)F)cc(Oc2ccccc2C(F)(F)F)cc1C(F)(F)F. The number of hydrogen-bond acceptors (Lipinski definition) is 2. The summed E-state index contributed by atoms with van der Waals surface area (Å²) in [7, 11) is 0. The van der Waals surface area contributed by atoms with Crippen LogP contribution in [-0.4, -0.2) is 0 Å². The van der Waals surface area contributed by atoms with Crippen molar-refractivity contribution < 1.29 is 44.3 Å². The highest BCUT2D eigenvalue weighted by atomic mass is 19.4. The van der Waals surface area contributed by atoms with Crippen molar-refractivity contribution in [2.45, 2.75) is 18.5 Å². The lowest BCUT2D eigenvalue weighted by Crippen LogP contribution is -2.16. The summed E-state index contributed by atoms with van der Waals surface area (Å²) in [4.78, 5) is 0. The van der Waals surface area contributed by atoms with Gasteiger partial charge in [-0.3, -0.25) is 0 Å². The first kappa shape index (κ1) is 19.7. The van der Waals surface area contributed by atoms with Gasteiger partial charge in [0.2, 0.25) is 0 Å².